The van der Waals surface area contributed by atoms with Gasteiger partial charge in [0.15, 0.2) is 6.29 Å². The van der Waals surface area contributed by atoms with Crippen LogP contribution in [-0.4, -0.2) is 26.1 Å². The van der Waals surface area contributed by atoms with Gasteiger partial charge < -0.3 is 19.9 Å². The number of para-hydroxylation sites is 1. The molecular formula is C14H23NO3. The van der Waals surface area contributed by atoms with E-state index in [1.165, 1.54) is 0 Å². The Morgan fingerprint density at radius 1 is 1.00 bits per heavy atom. The first kappa shape index (κ1) is 15.0. The van der Waals surface area contributed by atoms with Crippen LogP contribution in [0.2, 0.25) is 0 Å². The van der Waals surface area contributed by atoms with Crippen LogP contribution in [0.15, 0.2) is 24.3 Å². The summed E-state index contributed by atoms with van der Waals surface area (Å²) in [6.07, 6.45) is -0.443. The van der Waals surface area contributed by atoms with Gasteiger partial charge in [-0.25, -0.2) is 0 Å². The first-order chi connectivity index (χ1) is 8.74. The molecule has 102 valence electrons. The molecule has 0 aliphatic carbocycles. The second-order valence-corrected chi connectivity index (χ2v) is 3.78. The van der Waals surface area contributed by atoms with E-state index in [1.807, 2.05) is 45.0 Å². The number of benzene rings is 1. The summed E-state index contributed by atoms with van der Waals surface area (Å²) in [5, 5.41) is 0. The molecule has 0 fully saturated rings. The van der Waals surface area contributed by atoms with Gasteiger partial charge in [-0.15, -0.1) is 0 Å². The first-order valence-electron chi connectivity index (χ1n) is 6.45. The predicted molar refractivity (Wildman–Crippen MR) is 71.6 cm³/mol. The Kier molecular flexibility index (Phi) is 6.72. The highest BCUT2D eigenvalue weighted by atomic mass is 16.7. The lowest BCUT2D eigenvalue weighted by atomic mass is 10.1. The van der Waals surface area contributed by atoms with E-state index in [0.29, 0.717) is 19.8 Å². The Morgan fingerprint density at radius 3 is 2.17 bits per heavy atom. The largest absolute Gasteiger partial charge is 0.494 e. The molecule has 0 saturated carbocycles. The van der Waals surface area contributed by atoms with Crippen molar-refractivity contribution in [2.45, 2.75) is 33.1 Å². The SMILES string of the molecule is CCOc1ccccc1C(N)C(OCC)OCC. The van der Waals surface area contributed by atoms with Gasteiger partial charge in [-0.3, -0.25) is 0 Å². The van der Waals surface area contributed by atoms with E-state index in [4.69, 9.17) is 19.9 Å². The normalized spacial score (nSPS) is 12.7. The second kappa shape index (κ2) is 8.08. The molecule has 0 heterocycles. The summed E-state index contributed by atoms with van der Waals surface area (Å²) in [5.41, 5.74) is 7.12. The summed E-state index contributed by atoms with van der Waals surface area (Å²) in [6, 6.07) is 7.37. The molecule has 0 bridgehead atoms. The molecule has 0 aliphatic rings. The molecule has 0 spiro atoms. The molecule has 4 heteroatoms. The number of ether oxygens (including phenoxy) is 3. The fourth-order valence-corrected chi connectivity index (χ4v) is 1.77. The van der Waals surface area contributed by atoms with Crippen LogP contribution in [0.5, 0.6) is 5.75 Å². The Bertz CT molecular complexity index is 338. The molecule has 1 aromatic rings. The van der Waals surface area contributed by atoms with Crippen LogP contribution in [0.3, 0.4) is 0 Å². The van der Waals surface area contributed by atoms with Crippen molar-refractivity contribution in [3.8, 4) is 5.75 Å². The van der Waals surface area contributed by atoms with Gasteiger partial charge in [0, 0.05) is 18.8 Å². The fourth-order valence-electron chi connectivity index (χ4n) is 1.77. The van der Waals surface area contributed by atoms with Gasteiger partial charge in [-0.2, -0.15) is 0 Å². The van der Waals surface area contributed by atoms with E-state index < -0.39 is 6.29 Å². The molecule has 0 saturated heterocycles. The molecule has 0 radical (unpaired) electrons. The highest BCUT2D eigenvalue weighted by Crippen LogP contribution is 2.27. The zero-order chi connectivity index (χ0) is 13.4. The van der Waals surface area contributed by atoms with Gasteiger partial charge in [-0.05, 0) is 26.8 Å². The van der Waals surface area contributed by atoms with Crippen molar-refractivity contribution >= 4 is 0 Å². The van der Waals surface area contributed by atoms with Gasteiger partial charge in [0.2, 0.25) is 0 Å². The summed E-state index contributed by atoms with van der Waals surface area (Å²) in [6.45, 7) is 7.53. The lowest BCUT2D eigenvalue weighted by molar-refractivity contribution is -0.149. The minimum absolute atomic E-state index is 0.354. The third-order valence-electron chi connectivity index (χ3n) is 2.53. The number of hydrogen-bond acceptors (Lipinski definition) is 4. The highest BCUT2D eigenvalue weighted by Gasteiger charge is 2.22. The van der Waals surface area contributed by atoms with Crippen molar-refractivity contribution in [1.82, 2.24) is 0 Å². The average Bonchev–Trinajstić information content (AvgIpc) is 2.39. The Labute approximate surface area is 109 Å². The number of rotatable bonds is 8. The minimum Gasteiger partial charge on any atom is -0.494 e. The molecule has 0 aliphatic heterocycles. The van der Waals surface area contributed by atoms with E-state index in [9.17, 15) is 0 Å². The molecule has 4 nitrogen and oxygen atoms in total. The zero-order valence-corrected chi connectivity index (χ0v) is 11.4. The van der Waals surface area contributed by atoms with Crippen LogP contribution >= 0.6 is 0 Å². The molecule has 18 heavy (non-hydrogen) atoms. The smallest absolute Gasteiger partial charge is 0.176 e. The highest BCUT2D eigenvalue weighted by molar-refractivity contribution is 5.36. The lowest BCUT2D eigenvalue weighted by Crippen LogP contribution is -2.32. The summed E-state index contributed by atoms with van der Waals surface area (Å²) < 4.78 is 16.6. The maximum Gasteiger partial charge on any atom is 0.176 e. The van der Waals surface area contributed by atoms with E-state index in [0.717, 1.165) is 11.3 Å². The monoisotopic (exact) mass is 253 g/mol. The second-order valence-electron chi connectivity index (χ2n) is 3.78. The number of nitrogens with two attached hydrogens (primary N) is 1. The quantitative estimate of drug-likeness (QED) is 0.723. The molecule has 0 aromatic heterocycles. The lowest BCUT2D eigenvalue weighted by Gasteiger charge is -2.25. The van der Waals surface area contributed by atoms with Gasteiger partial charge >= 0.3 is 0 Å². The first-order valence-corrected chi connectivity index (χ1v) is 6.45. The van der Waals surface area contributed by atoms with Crippen molar-refractivity contribution in [3.63, 3.8) is 0 Å². The Morgan fingerprint density at radius 2 is 1.61 bits per heavy atom. The summed E-state index contributed by atoms with van der Waals surface area (Å²) in [4.78, 5) is 0. The molecule has 1 aromatic carbocycles. The van der Waals surface area contributed by atoms with Gasteiger partial charge in [0.1, 0.15) is 5.75 Å². The standard InChI is InChI=1S/C14H23NO3/c1-4-16-12-10-8-7-9-11(12)13(15)14(17-5-2)18-6-3/h7-10,13-14H,4-6,15H2,1-3H3. The molecule has 1 atom stereocenters. The van der Waals surface area contributed by atoms with Crippen molar-refractivity contribution in [2.75, 3.05) is 19.8 Å². The summed E-state index contributed by atoms with van der Waals surface area (Å²) in [5.74, 6) is 0.789. The van der Waals surface area contributed by atoms with Crippen molar-refractivity contribution in [2.24, 2.45) is 5.73 Å². The summed E-state index contributed by atoms with van der Waals surface area (Å²) >= 11 is 0. The number of hydrogen-bond donors (Lipinski definition) is 1. The molecular weight excluding hydrogens is 230 g/mol. The van der Waals surface area contributed by atoms with Crippen LogP contribution in [0.1, 0.15) is 32.4 Å². The molecule has 2 N–H and O–H groups in total. The maximum absolute atomic E-state index is 6.21. The van der Waals surface area contributed by atoms with E-state index in [2.05, 4.69) is 0 Å². The van der Waals surface area contributed by atoms with Crippen molar-refractivity contribution < 1.29 is 14.2 Å². The van der Waals surface area contributed by atoms with Crippen LogP contribution < -0.4 is 10.5 Å². The topological polar surface area (TPSA) is 53.7 Å². The van der Waals surface area contributed by atoms with E-state index in [1.54, 1.807) is 0 Å². The average molecular weight is 253 g/mol. The van der Waals surface area contributed by atoms with Gasteiger partial charge in [0.25, 0.3) is 0 Å². The third kappa shape index (κ3) is 3.98. The van der Waals surface area contributed by atoms with Crippen molar-refractivity contribution in [3.05, 3.63) is 29.8 Å². The van der Waals surface area contributed by atoms with Gasteiger partial charge in [0.05, 0.1) is 12.6 Å². The maximum atomic E-state index is 6.21. The third-order valence-corrected chi connectivity index (χ3v) is 2.53. The Hall–Kier alpha value is -1.10. The molecule has 1 rings (SSSR count). The van der Waals surface area contributed by atoms with Crippen LogP contribution in [0.25, 0.3) is 0 Å². The fraction of sp³-hybridized carbons (Fsp3) is 0.571. The predicted octanol–water partition coefficient (Wildman–Crippen LogP) is 2.48. The van der Waals surface area contributed by atoms with E-state index in [-0.39, 0.29) is 6.04 Å². The van der Waals surface area contributed by atoms with Crippen LogP contribution in [0.4, 0.5) is 0 Å². The zero-order valence-electron chi connectivity index (χ0n) is 11.4. The van der Waals surface area contributed by atoms with E-state index >= 15 is 0 Å². The van der Waals surface area contributed by atoms with Crippen LogP contribution in [-0.2, 0) is 9.47 Å². The molecule has 0 amide bonds. The molecule has 1 unspecified atom stereocenters. The van der Waals surface area contributed by atoms with Crippen LogP contribution in [0, 0.1) is 0 Å². The minimum atomic E-state index is -0.443. The Balaban J connectivity index is 2.88. The summed E-state index contributed by atoms with van der Waals surface area (Å²) in [7, 11) is 0. The van der Waals surface area contributed by atoms with Crippen molar-refractivity contribution in [1.29, 1.82) is 0 Å². The van der Waals surface area contributed by atoms with Gasteiger partial charge in [-0.1, -0.05) is 18.2 Å².